The van der Waals surface area contributed by atoms with E-state index in [1.54, 1.807) is 31.2 Å². The molecule has 1 saturated heterocycles. The number of ether oxygens (including phenoxy) is 1. The number of amides is 1. The van der Waals surface area contributed by atoms with Gasteiger partial charge in [0.2, 0.25) is 5.91 Å². The topological polar surface area (TPSA) is 67.4 Å². The summed E-state index contributed by atoms with van der Waals surface area (Å²) in [5, 5.41) is 6.18. The second-order valence-electron chi connectivity index (χ2n) is 5.59. The summed E-state index contributed by atoms with van der Waals surface area (Å²) in [5.74, 6) is -0.336. The summed E-state index contributed by atoms with van der Waals surface area (Å²) in [6, 6.07) is 6.78. The number of piperidine rings is 1. The van der Waals surface area contributed by atoms with Gasteiger partial charge in [-0.15, -0.1) is 0 Å². The first kappa shape index (κ1) is 15.5. The molecule has 0 radical (unpaired) electrons. The summed E-state index contributed by atoms with van der Waals surface area (Å²) in [6.45, 7) is 5.76. The Labute approximate surface area is 125 Å². The van der Waals surface area contributed by atoms with Crippen molar-refractivity contribution in [2.45, 2.75) is 26.7 Å². The number of rotatable bonds is 4. The van der Waals surface area contributed by atoms with Crippen molar-refractivity contribution in [3.63, 3.8) is 0 Å². The SMILES string of the molecule is CCOC(=O)c1ccc(NC(=O)C2(C)CCCNC2)cc1. The van der Waals surface area contributed by atoms with Gasteiger partial charge in [-0.3, -0.25) is 4.79 Å². The molecule has 1 aromatic carbocycles. The Morgan fingerprint density at radius 2 is 2.05 bits per heavy atom. The second kappa shape index (κ2) is 6.72. The first-order valence-corrected chi connectivity index (χ1v) is 7.34. The molecule has 2 rings (SSSR count). The summed E-state index contributed by atoms with van der Waals surface area (Å²) in [5.41, 5.74) is 0.804. The van der Waals surface area contributed by atoms with Crippen molar-refractivity contribution in [3.8, 4) is 0 Å². The van der Waals surface area contributed by atoms with Gasteiger partial charge in [0.25, 0.3) is 0 Å². The zero-order chi connectivity index (χ0) is 15.3. The van der Waals surface area contributed by atoms with Crippen molar-refractivity contribution in [1.82, 2.24) is 5.32 Å². The van der Waals surface area contributed by atoms with E-state index < -0.39 is 0 Å². The van der Waals surface area contributed by atoms with E-state index in [2.05, 4.69) is 10.6 Å². The van der Waals surface area contributed by atoms with Gasteiger partial charge in [0, 0.05) is 12.2 Å². The van der Waals surface area contributed by atoms with Gasteiger partial charge in [0.1, 0.15) is 0 Å². The smallest absolute Gasteiger partial charge is 0.338 e. The number of carbonyl (C=O) groups is 2. The molecule has 0 saturated carbocycles. The lowest BCUT2D eigenvalue weighted by molar-refractivity contribution is -0.125. The van der Waals surface area contributed by atoms with Gasteiger partial charge in [0.15, 0.2) is 0 Å². The van der Waals surface area contributed by atoms with E-state index in [4.69, 9.17) is 4.74 Å². The lowest BCUT2D eigenvalue weighted by atomic mass is 9.82. The summed E-state index contributed by atoms with van der Waals surface area (Å²) >= 11 is 0. The Bertz CT molecular complexity index is 505. The highest BCUT2D eigenvalue weighted by atomic mass is 16.5. The van der Waals surface area contributed by atoms with Crippen LogP contribution >= 0.6 is 0 Å². The molecule has 1 amide bonds. The fourth-order valence-corrected chi connectivity index (χ4v) is 2.44. The van der Waals surface area contributed by atoms with E-state index >= 15 is 0 Å². The predicted octanol–water partition coefficient (Wildman–Crippen LogP) is 2.19. The van der Waals surface area contributed by atoms with Crippen LogP contribution in [0, 0.1) is 5.41 Å². The van der Waals surface area contributed by atoms with E-state index in [1.165, 1.54) is 0 Å². The Balaban J connectivity index is 1.99. The molecule has 0 aliphatic carbocycles. The molecule has 114 valence electrons. The number of carbonyl (C=O) groups excluding carboxylic acids is 2. The quantitative estimate of drug-likeness (QED) is 0.834. The van der Waals surface area contributed by atoms with Crippen LogP contribution in [-0.4, -0.2) is 31.6 Å². The standard InChI is InChI=1S/C16H22N2O3/c1-3-21-14(19)12-5-7-13(8-6-12)18-15(20)16(2)9-4-10-17-11-16/h5-8,17H,3-4,9-11H2,1-2H3,(H,18,20). The number of hydrogen-bond donors (Lipinski definition) is 2. The largest absolute Gasteiger partial charge is 0.462 e. The number of nitrogens with one attached hydrogen (secondary N) is 2. The maximum Gasteiger partial charge on any atom is 0.338 e. The van der Waals surface area contributed by atoms with Gasteiger partial charge < -0.3 is 15.4 Å². The lowest BCUT2D eigenvalue weighted by Crippen LogP contribution is -2.46. The Hall–Kier alpha value is -1.88. The molecule has 0 aromatic heterocycles. The van der Waals surface area contributed by atoms with Gasteiger partial charge in [-0.05, 0) is 57.5 Å². The number of esters is 1. The molecule has 1 aliphatic rings. The van der Waals surface area contributed by atoms with E-state index in [0.29, 0.717) is 24.4 Å². The molecule has 1 aromatic rings. The van der Waals surface area contributed by atoms with Crippen molar-refractivity contribution in [1.29, 1.82) is 0 Å². The summed E-state index contributed by atoms with van der Waals surface area (Å²) in [4.78, 5) is 23.9. The molecule has 1 fully saturated rings. The molecule has 1 atom stereocenters. The van der Waals surface area contributed by atoms with Crippen molar-refractivity contribution >= 4 is 17.6 Å². The third kappa shape index (κ3) is 3.82. The molecular weight excluding hydrogens is 268 g/mol. The van der Waals surface area contributed by atoms with Crippen LogP contribution in [0.15, 0.2) is 24.3 Å². The average Bonchev–Trinajstić information content (AvgIpc) is 2.49. The highest BCUT2D eigenvalue weighted by molar-refractivity contribution is 5.96. The minimum Gasteiger partial charge on any atom is -0.462 e. The highest BCUT2D eigenvalue weighted by Crippen LogP contribution is 2.27. The molecule has 2 N–H and O–H groups in total. The second-order valence-corrected chi connectivity index (χ2v) is 5.59. The average molecular weight is 290 g/mol. The van der Waals surface area contributed by atoms with Gasteiger partial charge in [-0.1, -0.05) is 0 Å². The monoisotopic (exact) mass is 290 g/mol. The van der Waals surface area contributed by atoms with Crippen LogP contribution in [0.2, 0.25) is 0 Å². The molecule has 1 heterocycles. The molecule has 21 heavy (non-hydrogen) atoms. The molecular formula is C16H22N2O3. The van der Waals surface area contributed by atoms with Crippen molar-refractivity contribution < 1.29 is 14.3 Å². The van der Waals surface area contributed by atoms with Crippen molar-refractivity contribution in [2.24, 2.45) is 5.41 Å². The summed E-state index contributed by atoms with van der Waals surface area (Å²) < 4.78 is 4.93. The minimum atomic E-state index is -0.377. The first-order valence-electron chi connectivity index (χ1n) is 7.34. The van der Waals surface area contributed by atoms with Crippen LogP contribution in [0.25, 0.3) is 0 Å². The summed E-state index contributed by atoms with van der Waals surface area (Å²) in [6.07, 6.45) is 1.89. The van der Waals surface area contributed by atoms with E-state index in [-0.39, 0.29) is 17.3 Å². The zero-order valence-electron chi connectivity index (χ0n) is 12.6. The summed E-state index contributed by atoms with van der Waals surface area (Å²) in [7, 11) is 0. The fraction of sp³-hybridized carbons (Fsp3) is 0.500. The van der Waals surface area contributed by atoms with Crippen LogP contribution < -0.4 is 10.6 Å². The Morgan fingerprint density at radius 1 is 1.33 bits per heavy atom. The van der Waals surface area contributed by atoms with E-state index in [9.17, 15) is 9.59 Å². The van der Waals surface area contributed by atoms with Gasteiger partial charge >= 0.3 is 5.97 Å². The lowest BCUT2D eigenvalue weighted by Gasteiger charge is -2.32. The van der Waals surface area contributed by atoms with Crippen molar-refractivity contribution in [3.05, 3.63) is 29.8 Å². The molecule has 0 spiro atoms. The van der Waals surface area contributed by atoms with Crippen LogP contribution in [0.5, 0.6) is 0 Å². The maximum absolute atomic E-state index is 12.4. The number of benzene rings is 1. The molecule has 5 nitrogen and oxygen atoms in total. The molecule has 5 heteroatoms. The van der Waals surface area contributed by atoms with Crippen molar-refractivity contribution in [2.75, 3.05) is 25.0 Å². The fourth-order valence-electron chi connectivity index (χ4n) is 2.44. The van der Waals surface area contributed by atoms with Crippen LogP contribution in [0.3, 0.4) is 0 Å². The van der Waals surface area contributed by atoms with E-state index in [1.807, 2.05) is 6.92 Å². The zero-order valence-corrected chi connectivity index (χ0v) is 12.6. The molecule has 1 unspecified atom stereocenters. The third-order valence-electron chi connectivity index (χ3n) is 3.80. The van der Waals surface area contributed by atoms with Gasteiger partial charge in [0.05, 0.1) is 17.6 Å². The van der Waals surface area contributed by atoms with Crippen LogP contribution in [0.1, 0.15) is 37.0 Å². The van der Waals surface area contributed by atoms with Crippen LogP contribution in [-0.2, 0) is 9.53 Å². The van der Waals surface area contributed by atoms with Crippen LogP contribution in [0.4, 0.5) is 5.69 Å². The Kier molecular flexibility index (Phi) is 4.96. The van der Waals surface area contributed by atoms with Gasteiger partial charge in [-0.2, -0.15) is 0 Å². The minimum absolute atomic E-state index is 0.0126. The predicted molar refractivity (Wildman–Crippen MR) is 81.2 cm³/mol. The number of hydrogen-bond acceptors (Lipinski definition) is 4. The Morgan fingerprint density at radius 3 is 2.62 bits per heavy atom. The first-order chi connectivity index (χ1) is 10.0. The highest BCUT2D eigenvalue weighted by Gasteiger charge is 2.34. The third-order valence-corrected chi connectivity index (χ3v) is 3.80. The molecule has 1 aliphatic heterocycles. The van der Waals surface area contributed by atoms with Gasteiger partial charge in [-0.25, -0.2) is 4.79 Å². The normalized spacial score (nSPS) is 21.6. The number of anilines is 1. The van der Waals surface area contributed by atoms with E-state index in [0.717, 1.165) is 19.4 Å². The molecule has 0 bridgehead atoms. The maximum atomic E-state index is 12.4.